The van der Waals surface area contributed by atoms with E-state index in [2.05, 4.69) is 15.1 Å². The third-order valence-corrected chi connectivity index (χ3v) is 2.48. The molecular formula is C13H8FN3O2. The summed E-state index contributed by atoms with van der Waals surface area (Å²) in [5.74, 6) is 0.117. The Bertz CT molecular complexity index is 667. The molecule has 3 rings (SSSR count). The number of benzene rings is 1. The van der Waals surface area contributed by atoms with Crippen molar-refractivity contribution < 1.29 is 14.0 Å². The van der Waals surface area contributed by atoms with E-state index in [4.69, 9.17) is 4.52 Å². The molecule has 0 aliphatic heterocycles. The quantitative estimate of drug-likeness (QED) is 0.764. The van der Waals surface area contributed by atoms with E-state index in [9.17, 15) is 9.50 Å². The molecular weight excluding hydrogens is 249 g/mol. The van der Waals surface area contributed by atoms with Crippen molar-refractivity contribution in [1.82, 2.24) is 15.1 Å². The van der Waals surface area contributed by atoms with E-state index < -0.39 is 0 Å². The average molecular weight is 257 g/mol. The molecule has 0 saturated carbocycles. The van der Waals surface area contributed by atoms with Crippen LogP contribution in [0.15, 0.2) is 47.2 Å². The molecule has 0 spiro atoms. The first-order valence-electron chi connectivity index (χ1n) is 5.46. The largest absolute Gasteiger partial charge is 0.506 e. The first kappa shape index (κ1) is 11.3. The maximum atomic E-state index is 13.1. The lowest BCUT2D eigenvalue weighted by Gasteiger charge is -1.94. The lowest BCUT2D eigenvalue weighted by Crippen LogP contribution is -1.83. The maximum Gasteiger partial charge on any atom is 0.259 e. The maximum absolute atomic E-state index is 13.1. The summed E-state index contributed by atoms with van der Waals surface area (Å²) in [4.78, 5) is 7.96. The van der Waals surface area contributed by atoms with Gasteiger partial charge in [-0.2, -0.15) is 4.98 Å². The average Bonchev–Trinajstić information content (AvgIpc) is 2.88. The van der Waals surface area contributed by atoms with E-state index in [1.54, 1.807) is 12.1 Å². The summed E-state index contributed by atoms with van der Waals surface area (Å²) >= 11 is 0. The van der Waals surface area contributed by atoms with E-state index in [1.807, 2.05) is 0 Å². The number of aromatic hydroxyl groups is 1. The predicted octanol–water partition coefficient (Wildman–Crippen LogP) is 2.64. The van der Waals surface area contributed by atoms with Gasteiger partial charge in [0.2, 0.25) is 5.82 Å². The van der Waals surface area contributed by atoms with Crippen LogP contribution in [-0.4, -0.2) is 20.2 Å². The molecule has 6 heteroatoms. The van der Waals surface area contributed by atoms with E-state index in [0.29, 0.717) is 11.1 Å². The van der Waals surface area contributed by atoms with Crippen LogP contribution in [0.5, 0.6) is 5.75 Å². The van der Waals surface area contributed by atoms with Crippen molar-refractivity contribution >= 4 is 0 Å². The summed E-state index contributed by atoms with van der Waals surface area (Å²) in [7, 11) is 0. The lowest BCUT2D eigenvalue weighted by molar-refractivity contribution is 0.431. The summed E-state index contributed by atoms with van der Waals surface area (Å²) in [6.07, 6.45) is 2.79. The predicted molar refractivity (Wildman–Crippen MR) is 64.6 cm³/mol. The highest BCUT2D eigenvalue weighted by Gasteiger charge is 2.11. The Kier molecular flexibility index (Phi) is 2.68. The van der Waals surface area contributed by atoms with Gasteiger partial charge in [-0.1, -0.05) is 17.3 Å². The molecule has 0 aliphatic rings. The number of hydrogen-bond acceptors (Lipinski definition) is 5. The van der Waals surface area contributed by atoms with Gasteiger partial charge in [0, 0.05) is 11.8 Å². The van der Waals surface area contributed by atoms with Crippen molar-refractivity contribution in [2.24, 2.45) is 0 Å². The molecule has 5 nitrogen and oxygen atoms in total. The van der Waals surface area contributed by atoms with Crippen molar-refractivity contribution in [1.29, 1.82) is 0 Å². The SMILES string of the molecule is Oc1cncc(-c2nc(-c3cccc(F)c3)no2)c1. The van der Waals surface area contributed by atoms with Gasteiger partial charge >= 0.3 is 0 Å². The van der Waals surface area contributed by atoms with Crippen LogP contribution in [0, 0.1) is 5.82 Å². The van der Waals surface area contributed by atoms with E-state index in [0.717, 1.165) is 0 Å². The lowest BCUT2D eigenvalue weighted by atomic mass is 10.2. The molecule has 19 heavy (non-hydrogen) atoms. The zero-order chi connectivity index (χ0) is 13.2. The second-order valence-corrected chi connectivity index (χ2v) is 3.87. The zero-order valence-corrected chi connectivity index (χ0v) is 9.62. The van der Waals surface area contributed by atoms with Crippen LogP contribution in [-0.2, 0) is 0 Å². The van der Waals surface area contributed by atoms with Gasteiger partial charge in [0.05, 0.1) is 11.8 Å². The summed E-state index contributed by atoms with van der Waals surface area (Å²) in [6, 6.07) is 7.35. The zero-order valence-electron chi connectivity index (χ0n) is 9.62. The first-order chi connectivity index (χ1) is 9.22. The fraction of sp³-hybridized carbons (Fsp3) is 0. The van der Waals surface area contributed by atoms with Gasteiger partial charge in [-0.05, 0) is 18.2 Å². The molecule has 2 aromatic heterocycles. The van der Waals surface area contributed by atoms with Gasteiger partial charge in [0.15, 0.2) is 0 Å². The molecule has 1 aromatic carbocycles. The van der Waals surface area contributed by atoms with Gasteiger partial charge in [-0.3, -0.25) is 4.98 Å². The van der Waals surface area contributed by atoms with E-state index in [1.165, 1.54) is 30.6 Å². The van der Waals surface area contributed by atoms with Crippen LogP contribution in [0.1, 0.15) is 0 Å². The molecule has 2 heterocycles. The van der Waals surface area contributed by atoms with Crippen LogP contribution in [0.3, 0.4) is 0 Å². The number of halogens is 1. The standard InChI is InChI=1S/C13H8FN3O2/c14-10-3-1-2-8(4-10)12-16-13(19-17-12)9-5-11(18)7-15-6-9/h1-7,18H. The normalized spacial score (nSPS) is 10.6. The van der Waals surface area contributed by atoms with Gasteiger partial charge < -0.3 is 9.63 Å². The van der Waals surface area contributed by atoms with Crippen molar-refractivity contribution in [3.63, 3.8) is 0 Å². The summed E-state index contributed by atoms with van der Waals surface area (Å²) in [6.45, 7) is 0. The minimum Gasteiger partial charge on any atom is -0.506 e. The van der Waals surface area contributed by atoms with E-state index >= 15 is 0 Å². The Balaban J connectivity index is 2.00. The number of nitrogens with zero attached hydrogens (tertiary/aromatic N) is 3. The topological polar surface area (TPSA) is 72.0 Å². The van der Waals surface area contributed by atoms with Gasteiger partial charge in [-0.15, -0.1) is 0 Å². The fourth-order valence-corrected chi connectivity index (χ4v) is 1.63. The Morgan fingerprint density at radius 3 is 2.79 bits per heavy atom. The molecule has 1 N–H and O–H groups in total. The molecule has 0 bridgehead atoms. The Morgan fingerprint density at radius 1 is 1.11 bits per heavy atom. The van der Waals surface area contributed by atoms with Crippen LogP contribution in [0.25, 0.3) is 22.8 Å². The molecule has 3 aromatic rings. The fourth-order valence-electron chi connectivity index (χ4n) is 1.63. The Hall–Kier alpha value is -2.76. The molecule has 0 radical (unpaired) electrons. The van der Waals surface area contributed by atoms with Crippen molar-refractivity contribution in [3.8, 4) is 28.6 Å². The summed E-state index contributed by atoms with van der Waals surface area (Å²) < 4.78 is 18.2. The van der Waals surface area contributed by atoms with Crippen molar-refractivity contribution in [3.05, 3.63) is 48.5 Å². The van der Waals surface area contributed by atoms with Gasteiger partial charge in [-0.25, -0.2) is 4.39 Å². The van der Waals surface area contributed by atoms with Crippen LogP contribution < -0.4 is 0 Å². The molecule has 0 fully saturated rings. The van der Waals surface area contributed by atoms with Crippen molar-refractivity contribution in [2.45, 2.75) is 0 Å². The van der Waals surface area contributed by atoms with E-state index in [-0.39, 0.29) is 23.3 Å². The van der Waals surface area contributed by atoms with Crippen LogP contribution in [0.4, 0.5) is 4.39 Å². The third kappa shape index (κ3) is 2.28. The van der Waals surface area contributed by atoms with Crippen LogP contribution >= 0.6 is 0 Å². The van der Waals surface area contributed by atoms with Gasteiger partial charge in [0.1, 0.15) is 11.6 Å². The molecule has 0 saturated heterocycles. The molecule has 94 valence electrons. The number of pyridine rings is 1. The highest BCUT2D eigenvalue weighted by Crippen LogP contribution is 2.23. The summed E-state index contributed by atoms with van der Waals surface area (Å²) in [5.41, 5.74) is 1.01. The van der Waals surface area contributed by atoms with Crippen LogP contribution in [0.2, 0.25) is 0 Å². The van der Waals surface area contributed by atoms with Gasteiger partial charge in [0.25, 0.3) is 5.89 Å². The van der Waals surface area contributed by atoms with Crippen molar-refractivity contribution in [2.75, 3.05) is 0 Å². The minimum absolute atomic E-state index is 0.00278. The molecule has 0 atom stereocenters. The first-order valence-corrected chi connectivity index (χ1v) is 5.46. The number of rotatable bonds is 2. The highest BCUT2D eigenvalue weighted by atomic mass is 19.1. The summed E-state index contributed by atoms with van der Waals surface area (Å²) in [5, 5.41) is 13.1. The molecule has 0 aliphatic carbocycles. The smallest absolute Gasteiger partial charge is 0.259 e. The second-order valence-electron chi connectivity index (χ2n) is 3.87. The minimum atomic E-state index is -0.372. The molecule has 0 amide bonds. The molecule has 0 unspecified atom stereocenters. The Morgan fingerprint density at radius 2 is 2.00 bits per heavy atom. The monoisotopic (exact) mass is 257 g/mol. The highest BCUT2D eigenvalue weighted by molar-refractivity contribution is 5.59. The number of aromatic nitrogens is 3. The Labute approximate surface area is 107 Å². The number of hydrogen-bond donors (Lipinski definition) is 1. The third-order valence-electron chi connectivity index (χ3n) is 2.48. The second kappa shape index (κ2) is 4.49.